The molecular weight excluding hydrogens is 229 g/mol. The second-order valence-electron chi connectivity index (χ2n) is 3.46. The van der Waals surface area contributed by atoms with Crippen molar-refractivity contribution >= 4 is 17.6 Å². The Balaban J connectivity index is 2.45. The zero-order valence-corrected chi connectivity index (χ0v) is 8.94. The van der Waals surface area contributed by atoms with Crippen LogP contribution >= 0.6 is 0 Å². The van der Waals surface area contributed by atoms with E-state index in [-0.39, 0.29) is 24.9 Å². The van der Waals surface area contributed by atoms with Gasteiger partial charge in [0.2, 0.25) is 5.91 Å². The predicted molar refractivity (Wildman–Crippen MR) is 58.2 cm³/mol. The number of carbonyl (C=O) groups is 2. The van der Waals surface area contributed by atoms with Crippen molar-refractivity contribution in [2.24, 2.45) is 0 Å². The number of anilines is 1. The lowest BCUT2D eigenvalue weighted by Gasteiger charge is -2.05. The zero-order chi connectivity index (χ0) is 12.8. The minimum Gasteiger partial charge on any atom is -0.505 e. The van der Waals surface area contributed by atoms with Crippen molar-refractivity contribution in [3.63, 3.8) is 0 Å². The number of amides is 1. The maximum atomic E-state index is 12.9. The van der Waals surface area contributed by atoms with E-state index in [9.17, 15) is 14.0 Å². The van der Waals surface area contributed by atoms with Crippen molar-refractivity contribution in [2.45, 2.75) is 19.3 Å². The van der Waals surface area contributed by atoms with Crippen molar-refractivity contribution in [2.75, 3.05) is 5.32 Å². The van der Waals surface area contributed by atoms with Crippen LogP contribution in [-0.4, -0.2) is 22.1 Å². The van der Waals surface area contributed by atoms with Gasteiger partial charge < -0.3 is 15.5 Å². The summed E-state index contributed by atoms with van der Waals surface area (Å²) in [5.74, 6) is -2.67. The Bertz CT molecular complexity index is 433. The molecule has 0 bridgehead atoms. The third kappa shape index (κ3) is 4.50. The van der Waals surface area contributed by atoms with Gasteiger partial charge in [0.1, 0.15) is 0 Å². The number of carbonyl (C=O) groups excluding carboxylic acids is 1. The highest BCUT2D eigenvalue weighted by atomic mass is 19.1. The van der Waals surface area contributed by atoms with Gasteiger partial charge in [-0.25, -0.2) is 4.39 Å². The fourth-order valence-corrected chi connectivity index (χ4v) is 1.21. The van der Waals surface area contributed by atoms with Crippen LogP contribution in [0.15, 0.2) is 18.2 Å². The molecule has 92 valence electrons. The fourth-order valence-electron chi connectivity index (χ4n) is 1.21. The van der Waals surface area contributed by atoms with Crippen LogP contribution in [-0.2, 0) is 9.59 Å². The Morgan fingerprint density at radius 3 is 2.59 bits per heavy atom. The molecule has 6 heteroatoms. The van der Waals surface area contributed by atoms with E-state index < -0.39 is 23.4 Å². The van der Waals surface area contributed by atoms with Gasteiger partial charge in [0.15, 0.2) is 11.6 Å². The first-order valence-electron chi connectivity index (χ1n) is 4.99. The van der Waals surface area contributed by atoms with E-state index in [1.165, 1.54) is 6.07 Å². The van der Waals surface area contributed by atoms with Crippen LogP contribution in [0.2, 0.25) is 0 Å². The largest absolute Gasteiger partial charge is 0.505 e. The van der Waals surface area contributed by atoms with Crippen LogP contribution in [0.1, 0.15) is 19.3 Å². The van der Waals surface area contributed by atoms with Crippen molar-refractivity contribution < 1.29 is 24.2 Å². The molecule has 0 heterocycles. The van der Waals surface area contributed by atoms with E-state index in [1.54, 1.807) is 0 Å². The normalized spacial score (nSPS) is 9.94. The lowest BCUT2D eigenvalue weighted by molar-refractivity contribution is -0.137. The van der Waals surface area contributed by atoms with Gasteiger partial charge in [0, 0.05) is 24.6 Å². The average Bonchev–Trinajstić information content (AvgIpc) is 2.23. The predicted octanol–water partition coefficient (Wildman–Crippen LogP) is 1.72. The van der Waals surface area contributed by atoms with E-state index in [1.807, 2.05) is 0 Å². The Labute approximate surface area is 96.9 Å². The van der Waals surface area contributed by atoms with Crippen LogP contribution in [0.4, 0.5) is 10.1 Å². The molecule has 0 aliphatic heterocycles. The summed E-state index contributed by atoms with van der Waals surface area (Å²) in [5, 5.41) is 19.7. The minimum atomic E-state index is -0.964. The van der Waals surface area contributed by atoms with Crippen LogP contribution in [0, 0.1) is 5.82 Å². The number of phenolic OH excluding ortho intramolecular Hbond substituents is 1. The summed E-state index contributed by atoms with van der Waals surface area (Å²) < 4.78 is 12.9. The molecular formula is C11H12FNO4. The Hall–Kier alpha value is -2.11. The maximum Gasteiger partial charge on any atom is 0.303 e. The summed E-state index contributed by atoms with van der Waals surface area (Å²) >= 11 is 0. The number of phenols is 1. The Morgan fingerprint density at radius 2 is 2.00 bits per heavy atom. The van der Waals surface area contributed by atoms with E-state index in [4.69, 9.17) is 10.2 Å². The number of hydrogen-bond acceptors (Lipinski definition) is 3. The molecule has 0 unspecified atom stereocenters. The topological polar surface area (TPSA) is 86.6 Å². The monoisotopic (exact) mass is 241 g/mol. The lowest BCUT2D eigenvalue weighted by atomic mass is 10.2. The van der Waals surface area contributed by atoms with Gasteiger partial charge in [-0.05, 0) is 18.6 Å². The van der Waals surface area contributed by atoms with Gasteiger partial charge in [0.05, 0.1) is 0 Å². The van der Waals surface area contributed by atoms with E-state index >= 15 is 0 Å². The van der Waals surface area contributed by atoms with Gasteiger partial charge >= 0.3 is 5.97 Å². The molecule has 3 N–H and O–H groups in total. The molecule has 17 heavy (non-hydrogen) atoms. The number of aromatic hydroxyl groups is 1. The maximum absolute atomic E-state index is 12.9. The third-order valence-electron chi connectivity index (χ3n) is 2.03. The summed E-state index contributed by atoms with van der Waals surface area (Å²) in [6, 6.07) is 3.47. The van der Waals surface area contributed by atoms with Crippen LogP contribution in [0.3, 0.4) is 0 Å². The first-order valence-corrected chi connectivity index (χ1v) is 4.99. The molecule has 0 fully saturated rings. The molecule has 1 rings (SSSR count). The first-order chi connectivity index (χ1) is 7.99. The summed E-state index contributed by atoms with van der Waals surface area (Å²) in [6.45, 7) is 0. The second kappa shape index (κ2) is 5.83. The summed E-state index contributed by atoms with van der Waals surface area (Å²) in [7, 11) is 0. The number of benzene rings is 1. The van der Waals surface area contributed by atoms with Crippen molar-refractivity contribution in [3.8, 4) is 5.75 Å². The molecule has 0 saturated heterocycles. The summed E-state index contributed by atoms with van der Waals surface area (Å²) in [4.78, 5) is 21.5. The smallest absolute Gasteiger partial charge is 0.303 e. The summed E-state index contributed by atoms with van der Waals surface area (Å²) in [5.41, 5.74) is 0.223. The molecule has 0 saturated carbocycles. The van der Waals surface area contributed by atoms with Crippen molar-refractivity contribution in [1.29, 1.82) is 0 Å². The fraction of sp³-hybridized carbons (Fsp3) is 0.273. The molecule has 0 atom stereocenters. The number of rotatable bonds is 5. The van der Waals surface area contributed by atoms with Gasteiger partial charge in [-0.3, -0.25) is 9.59 Å². The Morgan fingerprint density at radius 1 is 1.29 bits per heavy atom. The van der Waals surface area contributed by atoms with Crippen molar-refractivity contribution in [1.82, 2.24) is 0 Å². The highest BCUT2D eigenvalue weighted by molar-refractivity contribution is 5.90. The lowest BCUT2D eigenvalue weighted by Crippen LogP contribution is -2.11. The molecule has 0 aliphatic carbocycles. The van der Waals surface area contributed by atoms with Gasteiger partial charge in [-0.1, -0.05) is 0 Å². The highest BCUT2D eigenvalue weighted by Crippen LogP contribution is 2.19. The SMILES string of the molecule is O=C(O)CCCC(=O)Nc1ccc(O)c(F)c1. The molecule has 1 aromatic carbocycles. The average molecular weight is 241 g/mol. The van der Waals surface area contributed by atoms with Gasteiger partial charge in [-0.2, -0.15) is 0 Å². The van der Waals surface area contributed by atoms with Crippen LogP contribution in [0.5, 0.6) is 5.75 Å². The molecule has 0 aromatic heterocycles. The molecule has 0 aliphatic rings. The standard InChI is InChI=1S/C11H12FNO4/c12-8-6-7(4-5-9(8)14)13-10(15)2-1-3-11(16)17/h4-6,14H,1-3H2,(H,13,15)(H,16,17). The summed E-state index contributed by atoms with van der Waals surface area (Å²) in [6.07, 6.45) is 0.188. The number of halogens is 1. The van der Waals surface area contributed by atoms with E-state index in [2.05, 4.69) is 5.32 Å². The zero-order valence-electron chi connectivity index (χ0n) is 8.94. The minimum absolute atomic E-state index is 0.0504. The number of carboxylic acids is 1. The number of hydrogen-bond donors (Lipinski definition) is 3. The molecule has 0 spiro atoms. The van der Waals surface area contributed by atoms with E-state index in [0.29, 0.717) is 0 Å². The number of carboxylic acid groups (broad SMARTS) is 1. The van der Waals surface area contributed by atoms with Crippen molar-refractivity contribution in [3.05, 3.63) is 24.0 Å². The number of nitrogens with one attached hydrogen (secondary N) is 1. The quantitative estimate of drug-likeness (QED) is 0.685. The van der Waals surface area contributed by atoms with Crippen LogP contribution in [0.25, 0.3) is 0 Å². The molecule has 5 nitrogen and oxygen atoms in total. The molecule has 1 aromatic rings. The van der Waals surface area contributed by atoms with Gasteiger partial charge in [-0.15, -0.1) is 0 Å². The van der Waals surface area contributed by atoms with Gasteiger partial charge in [0.25, 0.3) is 0 Å². The third-order valence-corrected chi connectivity index (χ3v) is 2.03. The van der Waals surface area contributed by atoms with Crippen LogP contribution < -0.4 is 5.32 Å². The number of aliphatic carboxylic acids is 1. The van der Waals surface area contributed by atoms with E-state index in [0.717, 1.165) is 12.1 Å². The Kier molecular flexibility index (Phi) is 4.45. The highest BCUT2D eigenvalue weighted by Gasteiger charge is 2.06. The molecule has 1 amide bonds. The first kappa shape index (κ1) is 13.0. The second-order valence-corrected chi connectivity index (χ2v) is 3.46. The molecule has 0 radical (unpaired) electrons.